The Bertz CT molecular complexity index is 765. The second-order valence-corrected chi connectivity index (χ2v) is 5.15. The first kappa shape index (κ1) is 12.7. The van der Waals surface area contributed by atoms with Crippen LogP contribution in [0, 0.1) is 5.82 Å². The molecule has 0 aliphatic carbocycles. The number of aromatic nitrogens is 1. The highest BCUT2D eigenvalue weighted by molar-refractivity contribution is 7.22. The van der Waals surface area contributed by atoms with E-state index in [0.29, 0.717) is 5.13 Å². The van der Waals surface area contributed by atoms with E-state index in [1.54, 1.807) is 25.5 Å². The van der Waals surface area contributed by atoms with Gasteiger partial charge in [-0.05, 0) is 35.9 Å². The van der Waals surface area contributed by atoms with Gasteiger partial charge in [-0.2, -0.15) is 0 Å². The van der Waals surface area contributed by atoms with E-state index in [1.807, 2.05) is 18.2 Å². The lowest BCUT2D eigenvalue weighted by molar-refractivity contribution is 0.415. The molecule has 0 saturated heterocycles. The predicted octanol–water partition coefficient (Wildman–Crippen LogP) is 4.19. The van der Waals surface area contributed by atoms with Gasteiger partial charge >= 0.3 is 0 Å². The first-order valence-corrected chi connectivity index (χ1v) is 6.80. The van der Waals surface area contributed by atoms with Crippen molar-refractivity contribution in [3.63, 3.8) is 0 Å². The van der Waals surface area contributed by atoms with Gasteiger partial charge < -0.3 is 4.74 Å². The third-order valence-electron chi connectivity index (χ3n) is 2.78. The molecule has 0 N–H and O–H groups in total. The Labute approximate surface area is 119 Å². The fourth-order valence-corrected chi connectivity index (χ4v) is 2.59. The molecule has 0 radical (unpaired) electrons. The average Bonchev–Trinajstić information content (AvgIpc) is 2.88. The van der Waals surface area contributed by atoms with Crippen LogP contribution >= 0.6 is 11.3 Å². The summed E-state index contributed by atoms with van der Waals surface area (Å²) in [4.78, 5) is 8.73. The third kappa shape index (κ3) is 2.67. The van der Waals surface area contributed by atoms with Gasteiger partial charge in [-0.3, -0.25) is 0 Å². The lowest BCUT2D eigenvalue weighted by Crippen LogP contribution is -1.80. The number of hydrogen-bond donors (Lipinski definition) is 0. The van der Waals surface area contributed by atoms with Crippen LogP contribution in [-0.2, 0) is 0 Å². The Hall–Kier alpha value is -2.27. The van der Waals surface area contributed by atoms with E-state index in [2.05, 4.69) is 9.98 Å². The van der Waals surface area contributed by atoms with Gasteiger partial charge in [-0.25, -0.2) is 14.4 Å². The normalized spacial score (nSPS) is 11.3. The maximum absolute atomic E-state index is 12.8. The average molecular weight is 286 g/mol. The van der Waals surface area contributed by atoms with Crippen LogP contribution < -0.4 is 4.74 Å². The molecule has 1 heterocycles. The highest BCUT2D eigenvalue weighted by atomic mass is 32.1. The summed E-state index contributed by atoms with van der Waals surface area (Å²) in [6.07, 6.45) is 1.67. The van der Waals surface area contributed by atoms with Gasteiger partial charge in [0.2, 0.25) is 5.13 Å². The van der Waals surface area contributed by atoms with Crippen molar-refractivity contribution in [3.05, 3.63) is 53.8 Å². The van der Waals surface area contributed by atoms with Gasteiger partial charge in [0.05, 0.1) is 17.3 Å². The molecular formula is C15H11FN2OS. The van der Waals surface area contributed by atoms with Crippen molar-refractivity contribution in [1.29, 1.82) is 0 Å². The second kappa shape index (κ2) is 5.38. The Kier molecular flexibility index (Phi) is 3.43. The minimum absolute atomic E-state index is 0.255. The number of rotatable bonds is 3. The third-order valence-corrected chi connectivity index (χ3v) is 3.70. The number of hydrogen-bond acceptors (Lipinski definition) is 4. The van der Waals surface area contributed by atoms with Crippen molar-refractivity contribution < 1.29 is 9.13 Å². The van der Waals surface area contributed by atoms with Crippen LogP contribution in [0.2, 0.25) is 0 Å². The van der Waals surface area contributed by atoms with Crippen molar-refractivity contribution >= 4 is 32.9 Å². The van der Waals surface area contributed by atoms with Gasteiger partial charge in [0.15, 0.2) is 0 Å². The monoisotopic (exact) mass is 286 g/mol. The van der Waals surface area contributed by atoms with E-state index in [-0.39, 0.29) is 5.82 Å². The summed E-state index contributed by atoms with van der Waals surface area (Å²) < 4.78 is 19.0. The Morgan fingerprint density at radius 2 is 2.00 bits per heavy atom. The molecule has 0 spiro atoms. The molecule has 3 rings (SSSR count). The topological polar surface area (TPSA) is 34.5 Å². The molecule has 0 atom stereocenters. The number of aliphatic imine (C=N–C) groups is 1. The summed E-state index contributed by atoms with van der Waals surface area (Å²) >= 11 is 1.49. The summed E-state index contributed by atoms with van der Waals surface area (Å²) in [6, 6.07) is 11.9. The molecule has 2 aromatic carbocycles. The van der Waals surface area contributed by atoms with Crippen LogP contribution in [0.4, 0.5) is 9.52 Å². The lowest BCUT2D eigenvalue weighted by atomic mass is 10.2. The van der Waals surface area contributed by atoms with Crippen molar-refractivity contribution in [1.82, 2.24) is 4.98 Å². The number of methoxy groups -OCH3 is 1. The van der Waals surface area contributed by atoms with Crippen molar-refractivity contribution in [2.75, 3.05) is 7.11 Å². The minimum Gasteiger partial charge on any atom is -0.497 e. The quantitative estimate of drug-likeness (QED) is 0.676. The SMILES string of the molecule is COc1ccc2nc(N=Cc3ccc(F)cc3)sc2c1. The van der Waals surface area contributed by atoms with E-state index < -0.39 is 0 Å². The molecular weight excluding hydrogens is 275 g/mol. The molecule has 100 valence electrons. The van der Waals surface area contributed by atoms with Crippen molar-refractivity contribution in [3.8, 4) is 5.75 Å². The van der Waals surface area contributed by atoms with E-state index in [0.717, 1.165) is 21.5 Å². The summed E-state index contributed by atoms with van der Waals surface area (Å²) in [5.41, 5.74) is 1.73. The van der Waals surface area contributed by atoms with Crippen LogP contribution in [-0.4, -0.2) is 18.3 Å². The number of ether oxygens (including phenoxy) is 1. The highest BCUT2D eigenvalue weighted by Crippen LogP contribution is 2.30. The number of nitrogens with zero attached hydrogens (tertiary/aromatic N) is 2. The first-order chi connectivity index (χ1) is 9.74. The number of halogens is 1. The standard InChI is InChI=1S/C15H11FN2OS/c1-19-12-6-7-13-14(8-12)20-15(18-13)17-9-10-2-4-11(16)5-3-10/h2-9H,1H3. The molecule has 0 saturated carbocycles. The zero-order valence-corrected chi connectivity index (χ0v) is 11.5. The van der Waals surface area contributed by atoms with Crippen molar-refractivity contribution in [2.24, 2.45) is 4.99 Å². The smallest absolute Gasteiger partial charge is 0.210 e. The minimum atomic E-state index is -0.255. The van der Waals surface area contributed by atoms with E-state index in [4.69, 9.17) is 4.74 Å². The molecule has 0 aliphatic heterocycles. The molecule has 1 aromatic heterocycles. The molecule has 0 unspecified atom stereocenters. The van der Waals surface area contributed by atoms with Gasteiger partial charge in [-0.15, -0.1) is 0 Å². The van der Waals surface area contributed by atoms with Crippen LogP contribution in [0.1, 0.15) is 5.56 Å². The Balaban J connectivity index is 1.88. The van der Waals surface area contributed by atoms with Crippen LogP contribution in [0.3, 0.4) is 0 Å². The molecule has 0 bridgehead atoms. The molecule has 20 heavy (non-hydrogen) atoms. The lowest BCUT2D eigenvalue weighted by Gasteiger charge is -1.96. The van der Waals surface area contributed by atoms with Gasteiger partial charge in [-0.1, -0.05) is 23.5 Å². The maximum Gasteiger partial charge on any atom is 0.210 e. The Morgan fingerprint density at radius 1 is 1.20 bits per heavy atom. The summed E-state index contributed by atoms with van der Waals surface area (Å²) in [5.74, 6) is 0.546. The van der Waals surface area contributed by atoms with Crippen LogP contribution in [0.5, 0.6) is 5.75 Å². The molecule has 3 nitrogen and oxygen atoms in total. The second-order valence-electron chi connectivity index (χ2n) is 4.14. The Morgan fingerprint density at radius 3 is 2.75 bits per heavy atom. The molecule has 0 amide bonds. The van der Waals surface area contributed by atoms with Crippen LogP contribution in [0.15, 0.2) is 47.5 Å². The maximum atomic E-state index is 12.8. The number of fused-ring (bicyclic) bond motifs is 1. The van der Waals surface area contributed by atoms with Gasteiger partial charge in [0.1, 0.15) is 11.6 Å². The zero-order chi connectivity index (χ0) is 13.9. The van der Waals surface area contributed by atoms with Crippen LogP contribution in [0.25, 0.3) is 10.2 Å². The molecule has 3 aromatic rings. The summed E-state index contributed by atoms with van der Waals surface area (Å²) in [7, 11) is 1.63. The molecule has 0 aliphatic rings. The zero-order valence-electron chi connectivity index (χ0n) is 10.7. The fraction of sp³-hybridized carbons (Fsp3) is 0.0667. The van der Waals surface area contributed by atoms with E-state index in [9.17, 15) is 4.39 Å². The van der Waals surface area contributed by atoms with Crippen molar-refractivity contribution in [2.45, 2.75) is 0 Å². The largest absolute Gasteiger partial charge is 0.497 e. The van der Waals surface area contributed by atoms with E-state index in [1.165, 1.54) is 23.5 Å². The summed E-state index contributed by atoms with van der Waals surface area (Å²) in [6.45, 7) is 0. The molecule has 5 heteroatoms. The fourth-order valence-electron chi connectivity index (χ4n) is 1.75. The molecule has 0 fully saturated rings. The number of benzene rings is 2. The number of thiazole rings is 1. The first-order valence-electron chi connectivity index (χ1n) is 5.99. The van der Waals surface area contributed by atoms with Gasteiger partial charge in [0.25, 0.3) is 0 Å². The van der Waals surface area contributed by atoms with Gasteiger partial charge in [0, 0.05) is 6.21 Å². The highest BCUT2D eigenvalue weighted by Gasteiger charge is 2.03. The van der Waals surface area contributed by atoms with E-state index >= 15 is 0 Å². The predicted molar refractivity (Wildman–Crippen MR) is 79.8 cm³/mol. The summed E-state index contributed by atoms with van der Waals surface area (Å²) in [5, 5.41) is 0.664.